The fraction of sp³-hybridized carbons (Fsp3) is 0.338. The Morgan fingerprint density at radius 2 is 0.569 bits per heavy atom. The van der Waals surface area contributed by atoms with Crippen LogP contribution in [0.4, 0.5) is 17.1 Å². The van der Waals surface area contributed by atoms with Gasteiger partial charge in [-0.1, -0.05) is 398 Å². The molecule has 0 N–H and O–H groups in total. The summed E-state index contributed by atoms with van der Waals surface area (Å²) in [6.45, 7) is 24.9. The number of nitrogens with zero attached hydrogens (tertiary/aromatic N) is 1. The number of aryl methyl sites for hydroxylation is 9. The van der Waals surface area contributed by atoms with Gasteiger partial charge in [0.1, 0.15) is 0 Å². The molecule has 0 unspecified atom stereocenters. The predicted octanol–water partition coefficient (Wildman–Crippen LogP) is 39.8. The van der Waals surface area contributed by atoms with Crippen LogP contribution in [0.5, 0.6) is 11.5 Å². The van der Waals surface area contributed by atoms with Gasteiger partial charge in [0.2, 0.25) is 0 Å². The van der Waals surface area contributed by atoms with Crippen LogP contribution in [0.15, 0.2) is 316 Å². The highest BCUT2D eigenvalue weighted by molar-refractivity contribution is 5.96. The molecule has 0 amide bonds. The predicted molar refractivity (Wildman–Crippen MR) is 613 cm³/mol. The SMILES string of the molecule is C=CCCCC1(CCCC=C)c2cc(-c3ccc4c(c3)Oc3cc(-c5ccc6c(c5)C(CCCCCCCC)(CCCCCCCC)c5cc(-c7ccc8c(c7)C(c7cccc(CCCCCC)c7)(c7cccc(CCCCCC)c7)c7cc(C)ccc7-8)ccc5-6)ccc3N4c3ccc(CCCC)cc3)ccc2-c2ccc(-c3ccc4c(c3)C(c3ccc5c(c3)CC5)(c3ccc5c(c3)CC5)c3cc(C)ccc3-4)cc21. The lowest BCUT2D eigenvalue weighted by Gasteiger charge is -2.37. The number of hydrogen-bond donors (Lipinski definition) is 0. The zero-order chi connectivity index (χ0) is 98.1. The minimum Gasteiger partial charge on any atom is -0.453 e. The van der Waals surface area contributed by atoms with E-state index in [0.717, 1.165) is 137 Å². The van der Waals surface area contributed by atoms with Crippen molar-refractivity contribution >= 4 is 17.1 Å². The lowest BCUT2D eigenvalue weighted by Crippen LogP contribution is -2.30. The lowest BCUT2D eigenvalue weighted by atomic mass is 9.65. The number of rotatable bonds is 44. The second kappa shape index (κ2) is 41.8. The highest BCUT2D eigenvalue weighted by atomic mass is 16.5. The van der Waals surface area contributed by atoms with Gasteiger partial charge in [-0.15, -0.1) is 13.2 Å². The molecule has 0 bridgehead atoms. The fourth-order valence-electron chi connectivity index (χ4n) is 27.3. The Balaban J connectivity index is 0.640. The number of fused-ring (bicyclic) bond motifs is 16. The van der Waals surface area contributed by atoms with E-state index < -0.39 is 10.8 Å². The second-order valence-electron chi connectivity index (χ2n) is 44.3. The van der Waals surface area contributed by atoms with Crippen LogP contribution in [0.25, 0.3) is 89.0 Å². The Kier molecular flexibility index (Phi) is 27.9. The summed E-state index contributed by atoms with van der Waals surface area (Å²) in [5, 5.41) is 0. The molecular weight excluding hydrogens is 1740 g/mol. The molecule has 22 rings (SSSR count). The molecule has 0 fully saturated rings. The molecular formula is C142H149NO. The Hall–Kier alpha value is -12.6. The van der Waals surface area contributed by atoms with E-state index in [9.17, 15) is 0 Å². The van der Waals surface area contributed by atoms with Gasteiger partial charge in [-0.05, 0) is 397 Å². The van der Waals surface area contributed by atoms with Gasteiger partial charge in [0.15, 0.2) is 11.5 Å². The highest BCUT2D eigenvalue weighted by Crippen LogP contribution is 2.64. The average Bonchev–Trinajstić information content (AvgIpc) is 1.51. The zero-order valence-corrected chi connectivity index (χ0v) is 87.3. The van der Waals surface area contributed by atoms with Gasteiger partial charge in [-0.2, -0.15) is 0 Å². The molecule has 0 spiro atoms. The van der Waals surface area contributed by atoms with Gasteiger partial charge in [-0.25, -0.2) is 0 Å². The van der Waals surface area contributed by atoms with Crippen LogP contribution >= 0.6 is 0 Å². The van der Waals surface area contributed by atoms with Crippen LogP contribution in [0, 0.1) is 13.8 Å². The molecule has 15 aromatic rings. The van der Waals surface area contributed by atoms with Gasteiger partial charge < -0.3 is 9.64 Å². The molecule has 0 saturated carbocycles. The number of unbranched alkanes of at least 4 members (excludes halogenated alkanes) is 19. The van der Waals surface area contributed by atoms with E-state index in [2.05, 4.69) is 370 Å². The van der Waals surface area contributed by atoms with Crippen molar-refractivity contribution in [2.45, 2.75) is 308 Å². The topological polar surface area (TPSA) is 12.5 Å². The molecule has 1 aliphatic heterocycles. The number of anilines is 3. The largest absolute Gasteiger partial charge is 0.453 e. The van der Waals surface area contributed by atoms with E-state index in [0.29, 0.717) is 0 Å². The van der Waals surface area contributed by atoms with Crippen molar-refractivity contribution in [1.82, 2.24) is 0 Å². The third kappa shape index (κ3) is 17.5. The molecule has 0 radical (unpaired) electrons. The van der Waals surface area contributed by atoms with Crippen LogP contribution < -0.4 is 9.64 Å². The minimum absolute atomic E-state index is 0.201. The maximum atomic E-state index is 7.67. The van der Waals surface area contributed by atoms with E-state index in [1.807, 2.05) is 0 Å². The maximum absolute atomic E-state index is 7.67. The number of hydrogen-bond acceptors (Lipinski definition) is 2. The third-order valence-electron chi connectivity index (χ3n) is 35.2. The molecule has 7 aliphatic rings. The van der Waals surface area contributed by atoms with Crippen LogP contribution in [-0.4, -0.2) is 0 Å². The fourth-order valence-corrected chi connectivity index (χ4v) is 27.3. The van der Waals surface area contributed by atoms with Crippen molar-refractivity contribution in [3.8, 4) is 101 Å². The summed E-state index contributed by atoms with van der Waals surface area (Å²) in [5.74, 6) is 1.73. The van der Waals surface area contributed by atoms with Gasteiger partial charge in [0.25, 0.3) is 0 Å². The number of benzene rings is 15. The summed E-state index contributed by atoms with van der Waals surface area (Å²) in [5.41, 5.74) is 52.5. The third-order valence-corrected chi connectivity index (χ3v) is 35.2. The molecule has 144 heavy (non-hydrogen) atoms. The summed E-state index contributed by atoms with van der Waals surface area (Å²) in [6.07, 6.45) is 47.8. The summed E-state index contributed by atoms with van der Waals surface area (Å²) < 4.78 is 7.67. The zero-order valence-electron chi connectivity index (χ0n) is 87.3. The Labute approximate surface area is 862 Å². The van der Waals surface area contributed by atoms with Crippen LogP contribution in [0.1, 0.15) is 344 Å². The monoisotopic (exact) mass is 1880 g/mol. The second-order valence-corrected chi connectivity index (χ2v) is 44.3. The normalized spacial score (nSPS) is 14.6. The van der Waals surface area contributed by atoms with Crippen molar-refractivity contribution in [3.05, 3.63) is 433 Å². The standard InChI is InChI=1S/C142H149NO/c1-10-17-24-28-30-36-81-140(82-37-31-29-25-18-11-2)128-90-107(110-61-75-125-123-69-47-97(8)83-131(123)141(133(125)93-110,114-45-38-43-100(85-114)41-32-26-19-12-3)115-46-39-44-101(86-115)42-33-27-20-13-4)58-72-120(128)122-74-60-109(92-130(122)140)113-64-78-136-138(96-113)144-137-95-112(63-77-135(137)143(136)118-67-49-99(50-68-118)40-23-16-7)108-59-73-121-119-71-57-106(89-127(119)139(129(121)91-108,79-34-21-14-5)80-35-22-15-6)111-62-76-126-124-70-48-98(9)84-132(124)142(134(126)94-111,116-65-55-102-51-53-104(102)87-116)117-66-56-103-52-54-105(103)88-117/h14-15,38-39,43-50,55-78,83-96H,5-6,10-13,16-37,40-42,51-54,79-82H2,1-4,7-9H3. The summed E-state index contributed by atoms with van der Waals surface area (Å²) in [4.78, 5) is 2.48. The number of allylic oxidation sites excluding steroid dienone is 2. The molecule has 2 heteroatoms. The van der Waals surface area contributed by atoms with Crippen molar-refractivity contribution < 1.29 is 4.74 Å². The van der Waals surface area contributed by atoms with Gasteiger partial charge in [0.05, 0.1) is 22.2 Å². The average molecular weight is 1890 g/mol. The Morgan fingerprint density at radius 3 is 0.938 bits per heavy atom. The quantitative estimate of drug-likeness (QED) is 0.0279. The molecule has 0 aromatic heterocycles. The molecule has 728 valence electrons. The van der Waals surface area contributed by atoms with E-state index in [1.54, 1.807) is 0 Å². The molecule has 0 saturated heterocycles. The molecule has 6 aliphatic carbocycles. The molecule has 1 heterocycles. The van der Waals surface area contributed by atoms with E-state index in [-0.39, 0.29) is 10.8 Å². The summed E-state index contributed by atoms with van der Waals surface area (Å²) in [7, 11) is 0. The smallest absolute Gasteiger partial charge is 0.152 e. The van der Waals surface area contributed by atoms with Crippen LogP contribution in [0.3, 0.4) is 0 Å². The van der Waals surface area contributed by atoms with Crippen LogP contribution in [0.2, 0.25) is 0 Å². The van der Waals surface area contributed by atoms with E-state index in [4.69, 9.17) is 4.74 Å². The first kappa shape index (κ1) is 96.2. The van der Waals surface area contributed by atoms with E-state index >= 15 is 0 Å². The van der Waals surface area contributed by atoms with Crippen molar-refractivity contribution in [2.75, 3.05) is 4.90 Å². The highest BCUT2D eigenvalue weighted by Gasteiger charge is 2.51. The van der Waals surface area contributed by atoms with Gasteiger partial charge in [0, 0.05) is 16.5 Å². The maximum Gasteiger partial charge on any atom is 0.152 e. The van der Waals surface area contributed by atoms with E-state index in [1.165, 1.54) is 335 Å². The first-order valence-electron chi connectivity index (χ1n) is 56.5. The van der Waals surface area contributed by atoms with Crippen LogP contribution in [-0.2, 0) is 66.6 Å². The molecule has 15 aromatic carbocycles. The van der Waals surface area contributed by atoms with Crippen molar-refractivity contribution in [1.29, 1.82) is 0 Å². The van der Waals surface area contributed by atoms with Crippen molar-refractivity contribution in [3.63, 3.8) is 0 Å². The minimum atomic E-state index is -0.529. The van der Waals surface area contributed by atoms with Crippen molar-refractivity contribution in [2.24, 2.45) is 0 Å². The Bertz CT molecular complexity index is 7170. The summed E-state index contributed by atoms with van der Waals surface area (Å²) >= 11 is 0. The first-order valence-corrected chi connectivity index (χ1v) is 56.5. The lowest BCUT2D eigenvalue weighted by molar-refractivity contribution is 0.398. The molecule has 2 nitrogen and oxygen atoms in total. The van der Waals surface area contributed by atoms with Gasteiger partial charge >= 0.3 is 0 Å². The molecule has 0 atom stereocenters. The number of ether oxygens (including phenoxy) is 1. The Morgan fingerprint density at radius 1 is 0.257 bits per heavy atom. The first-order chi connectivity index (χ1) is 70.8. The van der Waals surface area contributed by atoms with Gasteiger partial charge in [-0.3, -0.25) is 0 Å². The summed E-state index contributed by atoms with van der Waals surface area (Å²) in [6, 6.07) is 119.